The van der Waals surface area contributed by atoms with Gasteiger partial charge in [0, 0.05) is 44.7 Å². The van der Waals surface area contributed by atoms with E-state index in [0.29, 0.717) is 31.6 Å². The molecule has 0 aromatic heterocycles. The lowest BCUT2D eigenvalue weighted by atomic mass is 9.92. The molecule has 0 bridgehead atoms. The third-order valence-corrected chi connectivity index (χ3v) is 6.49. The Hall–Kier alpha value is -3.35. The minimum atomic E-state index is -0.529. The predicted octanol–water partition coefficient (Wildman–Crippen LogP) is 3.93. The second kappa shape index (κ2) is 10.7. The lowest BCUT2D eigenvalue weighted by Gasteiger charge is -2.36. The second-order valence-corrected chi connectivity index (χ2v) is 9.65. The molecule has 0 saturated carbocycles. The first kappa shape index (κ1) is 23.8. The molecular weight excluding hydrogens is 428 g/mol. The van der Waals surface area contributed by atoms with E-state index in [4.69, 9.17) is 0 Å². The van der Waals surface area contributed by atoms with Crippen LogP contribution in [0.5, 0.6) is 0 Å². The van der Waals surface area contributed by atoms with Crippen molar-refractivity contribution in [1.82, 2.24) is 15.1 Å². The van der Waals surface area contributed by atoms with Crippen molar-refractivity contribution in [3.05, 3.63) is 65.2 Å². The first-order chi connectivity index (χ1) is 16.4. The van der Waals surface area contributed by atoms with Crippen LogP contribution in [0.2, 0.25) is 0 Å². The molecule has 1 fully saturated rings. The highest BCUT2D eigenvalue weighted by atomic mass is 16.2. The van der Waals surface area contributed by atoms with E-state index in [1.165, 1.54) is 0 Å². The first-order valence-corrected chi connectivity index (χ1v) is 12.2. The fourth-order valence-electron chi connectivity index (χ4n) is 4.67. The van der Waals surface area contributed by atoms with Crippen molar-refractivity contribution in [2.75, 3.05) is 18.4 Å². The van der Waals surface area contributed by atoms with Gasteiger partial charge in [-0.3, -0.25) is 9.59 Å². The third kappa shape index (κ3) is 5.76. The number of urea groups is 1. The van der Waals surface area contributed by atoms with Crippen molar-refractivity contribution in [3.8, 4) is 0 Å². The van der Waals surface area contributed by atoms with Gasteiger partial charge in [-0.15, -0.1) is 0 Å². The van der Waals surface area contributed by atoms with Gasteiger partial charge in [0.15, 0.2) is 0 Å². The molecular formula is C27H34N4O3. The summed E-state index contributed by atoms with van der Waals surface area (Å²) in [5.41, 5.74) is 3.82. The summed E-state index contributed by atoms with van der Waals surface area (Å²) in [6.07, 6.45) is 3.02. The van der Waals surface area contributed by atoms with Gasteiger partial charge in [-0.2, -0.15) is 0 Å². The molecule has 7 heteroatoms. The molecule has 2 aliphatic rings. The highest BCUT2D eigenvalue weighted by molar-refractivity contribution is 5.90. The summed E-state index contributed by atoms with van der Waals surface area (Å²) in [6, 6.07) is 14.9. The summed E-state index contributed by atoms with van der Waals surface area (Å²) >= 11 is 0. The van der Waals surface area contributed by atoms with Gasteiger partial charge in [0.2, 0.25) is 11.8 Å². The fraction of sp³-hybridized carbons (Fsp3) is 0.444. The SMILES string of the molecule is CC(C)CC(=O)N1Cc2ccccc2CC1C(=O)NCc1cccc(NC(=O)N2CCCC2)c1. The van der Waals surface area contributed by atoms with E-state index in [0.717, 1.165) is 42.6 Å². The Morgan fingerprint density at radius 3 is 2.47 bits per heavy atom. The zero-order valence-electron chi connectivity index (χ0n) is 20.0. The molecule has 4 rings (SSSR count). The Morgan fingerprint density at radius 1 is 1.00 bits per heavy atom. The molecule has 0 radical (unpaired) electrons. The molecule has 180 valence electrons. The number of benzene rings is 2. The molecule has 0 aliphatic carbocycles. The van der Waals surface area contributed by atoms with Crippen LogP contribution in [0.25, 0.3) is 0 Å². The van der Waals surface area contributed by atoms with Gasteiger partial charge in [-0.1, -0.05) is 50.2 Å². The van der Waals surface area contributed by atoms with E-state index in [1.54, 1.807) is 4.90 Å². The molecule has 1 unspecified atom stereocenters. The summed E-state index contributed by atoms with van der Waals surface area (Å²) < 4.78 is 0. The van der Waals surface area contributed by atoms with Crippen molar-refractivity contribution in [3.63, 3.8) is 0 Å². The van der Waals surface area contributed by atoms with Crippen LogP contribution < -0.4 is 10.6 Å². The summed E-state index contributed by atoms with van der Waals surface area (Å²) in [5, 5.41) is 5.97. The maximum absolute atomic E-state index is 13.2. The molecule has 1 saturated heterocycles. The number of fused-ring (bicyclic) bond motifs is 1. The van der Waals surface area contributed by atoms with E-state index >= 15 is 0 Å². The Labute approximate surface area is 201 Å². The second-order valence-electron chi connectivity index (χ2n) is 9.65. The van der Waals surface area contributed by atoms with Crippen LogP contribution in [0, 0.1) is 5.92 Å². The number of hydrogen-bond donors (Lipinski definition) is 2. The van der Waals surface area contributed by atoms with E-state index in [2.05, 4.69) is 10.6 Å². The van der Waals surface area contributed by atoms with Gasteiger partial charge in [0.25, 0.3) is 0 Å². The van der Waals surface area contributed by atoms with Crippen molar-refractivity contribution in [2.24, 2.45) is 5.92 Å². The zero-order chi connectivity index (χ0) is 24.1. The fourth-order valence-corrected chi connectivity index (χ4v) is 4.67. The molecule has 1 atom stereocenters. The van der Waals surface area contributed by atoms with Crippen molar-refractivity contribution in [1.29, 1.82) is 0 Å². The molecule has 0 spiro atoms. The van der Waals surface area contributed by atoms with E-state index in [1.807, 2.05) is 67.3 Å². The molecule has 4 amide bonds. The van der Waals surface area contributed by atoms with E-state index in [9.17, 15) is 14.4 Å². The number of hydrogen-bond acceptors (Lipinski definition) is 3. The largest absolute Gasteiger partial charge is 0.350 e. The average molecular weight is 463 g/mol. The number of amides is 4. The Kier molecular flexibility index (Phi) is 7.50. The van der Waals surface area contributed by atoms with Crippen LogP contribution in [-0.4, -0.2) is 46.8 Å². The standard InChI is InChI=1S/C27H34N4O3/c1-19(2)14-25(32)31-18-22-10-4-3-9-21(22)16-24(31)26(33)28-17-20-8-7-11-23(15-20)29-27(34)30-12-5-6-13-30/h3-4,7-11,15,19,24H,5-6,12-14,16-18H2,1-2H3,(H,28,33)(H,29,34). The molecule has 34 heavy (non-hydrogen) atoms. The maximum atomic E-state index is 13.2. The predicted molar refractivity (Wildman–Crippen MR) is 132 cm³/mol. The Bertz CT molecular complexity index is 1050. The van der Waals surface area contributed by atoms with Crippen molar-refractivity contribution < 1.29 is 14.4 Å². The Balaban J connectivity index is 1.41. The van der Waals surface area contributed by atoms with Gasteiger partial charge in [0.05, 0.1) is 0 Å². The quantitative estimate of drug-likeness (QED) is 0.683. The maximum Gasteiger partial charge on any atom is 0.321 e. The molecule has 2 aromatic rings. The topological polar surface area (TPSA) is 81.8 Å². The van der Waals surface area contributed by atoms with Crippen LogP contribution in [0.1, 0.15) is 49.8 Å². The minimum Gasteiger partial charge on any atom is -0.350 e. The molecule has 2 N–H and O–H groups in total. The van der Waals surface area contributed by atoms with E-state index in [-0.39, 0.29) is 23.8 Å². The zero-order valence-corrected chi connectivity index (χ0v) is 20.0. The van der Waals surface area contributed by atoms with Gasteiger partial charge in [-0.25, -0.2) is 4.79 Å². The molecule has 2 aromatic carbocycles. The van der Waals surface area contributed by atoms with Gasteiger partial charge in [-0.05, 0) is 47.6 Å². The number of carbonyl (C=O) groups excluding carboxylic acids is 3. The summed E-state index contributed by atoms with van der Waals surface area (Å²) in [6.45, 7) is 6.39. The summed E-state index contributed by atoms with van der Waals surface area (Å²) in [4.78, 5) is 42.1. The van der Waals surface area contributed by atoms with Crippen LogP contribution in [0.4, 0.5) is 10.5 Å². The highest BCUT2D eigenvalue weighted by Crippen LogP contribution is 2.25. The number of carbonyl (C=O) groups is 3. The summed E-state index contributed by atoms with van der Waals surface area (Å²) in [7, 11) is 0. The van der Waals surface area contributed by atoms with Crippen LogP contribution in [0.3, 0.4) is 0 Å². The number of likely N-dealkylation sites (tertiary alicyclic amines) is 1. The molecule has 7 nitrogen and oxygen atoms in total. The summed E-state index contributed by atoms with van der Waals surface area (Å²) in [5.74, 6) is 0.0845. The van der Waals surface area contributed by atoms with Crippen LogP contribution in [0.15, 0.2) is 48.5 Å². The molecule has 2 heterocycles. The van der Waals surface area contributed by atoms with Gasteiger partial charge >= 0.3 is 6.03 Å². The normalized spacial score (nSPS) is 17.4. The van der Waals surface area contributed by atoms with Crippen molar-refractivity contribution in [2.45, 2.75) is 58.7 Å². The monoisotopic (exact) mass is 462 g/mol. The van der Waals surface area contributed by atoms with Crippen molar-refractivity contribution >= 4 is 23.5 Å². The number of anilines is 1. The Morgan fingerprint density at radius 2 is 1.74 bits per heavy atom. The average Bonchev–Trinajstić information content (AvgIpc) is 3.37. The van der Waals surface area contributed by atoms with Crippen LogP contribution in [-0.2, 0) is 29.1 Å². The number of nitrogens with zero attached hydrogens (tertiary/aromatic N) is 2. The third-order valence-electron chi connectivity index (χ3n) is 6.49. The van der Waals surface area contributed by atoms with Crippen LogP contribution >= 0.6 is 0 Å². The molecule has 2 aliphatic heterocycles. The lowest BCUT2D eigenvalue weighted by Crippen LogP contribution is -2.52. The smallest absolute Gasteiger partial charge is 0.321 e. The minimum absolute atomic E-state index is 0.0104. The van der Waals surface area contributed by atoms with E-state index < -0.39 is 6.04 Å². The highest BCUT2D eigenvalue weighted by Gasteiger charge is 2.34. The lowest BCUT2D eigenvalue weighted by molar-refractivity contribution is -0.142. The first-order valence-electron chi connectivity index (χ1n) is 12.2. The van der Waals surface area contributed by atoms with Gasteiger partial charge in [0.1, 0.15) is 6.04 Å². The number of rotatable bonds is 6. The number of nitrogens with one attached hydrogen (secondary N) is 2. The van der Waals surface area contributed by atoms with Gasteiger partial charge < -0.3 is 20.4 Å².